The number of rotatable bonds is 6. The molecule has 0 bridgehead atoms. The Hall–Kier alpha value is -1.92. The Labute approximate surface area is 235 Å². The molecule has 0 saturated heterocycles. The van der Waals surface area contributed by atoms with E-state index in [-0.39, 0.29) is 16.4 Å². The summed E-state index contributed by atoms with van der Waals surface area (Å²) in [4.78, 5) is 9.40. The summed E-state index contributed by atoms with van der Waals surface area (Å²) in [5.74, 6) is 0. The molecule has 0 amide bonds. The van der Waals surface area contributed by atoms with Crippen molar-refractivity contribution in [3.63, 3.8) is 0 Å². The van der Waals surface area contributed by atoms with Gasteiger partial charge in [0.05, 0.1) is 16.4 Å². The normalized spacial score (nSPS) is 15.9. The van der Waals surface area contributed by atoms with Crippen molar-refractivity contribution in [1.29, 1.82) is 0 Å². The van der Waals surface area contributed by atoms with E-state index in [1.807, 2.05) is 32.9 Å². The molecule has 0 aliphatic heterocycles. The van der Waals surface area contributed by atoms with Crippen molar-refractivity contribution in [2.24, 2.45) is 0 Å². The van der Waals surface area contributed by atoms with Crippen LogP contribution >= 0.6 is 34.5 Å². The minimum absolute atomic E-state index is 0.220. The second-order valence-corrected chi connectivity index (χ2v) is 13.7. The topological polar surface area (TPSA) is 81.1 Å². The van der Waals surface area contributed by atoms with Gasteiger partial charge in [0.25, 0.3) is 0 Å². The van der Waals surface area contributed by atoms with E-state index in [0.717, 1.165) is 21.0 Å². The van der Waals surface area contributed by atoms with Gasteiger partial charge in [-0.3, -0.25) is 4.98 Å². The standard InChI is InChI=1S/C26H24Cl2F3N3O2S2/c1-24(2,3)38(36)34-22(21-17(27)8-9-20(28)33-21)19-12-14-6-5-7-16(23(14)37-19)18-13-15(10-11-32-18)25(4,35)26(29,30)31/h5-13,22,34-35H,1-4H3. The van der Waals surface area contributed by atoms with Crippen molar-refractivity contribution < 1.29 is 22.8 Å². The number of hydrogen-bond donors (Lipinski definition) is 2. The number of aliphatic hydroxyl groups is 1. The lowest BCUT2D eigenvalue weighted by Crippen LogP contribution is -2.41. The molecule has 3 aromatic heterocycles. The lowest BCUT2D eigenvalue weighted by Gasteiger charge is -2.27. The van der Waals surface area contributed by atoms with Crippen molar-refractivity contribution in [2.45, 2.75) is 50.3 Å². The Kier molecular flexibility index (Phi) is 8.09. The minimum Gasteiger partial charge on any atom is -0.598 e. The molecule has 0 aliphatic carbocycles. The number of nitrogens with zero attached hydrogens (tertiary/aromatic N) is 2. The lowest BCUT2D eigenvalue weighted by molar-refractivity contribution is -0.258. The van der Waals surface area contributed by atoms with Gasteiger partial charge in [-0.05, 0) is 69.0 Å². The molecule has 38 heavy (non-hydrogen) atoms. The maximum absolute atomic E-state index is 13.5. The SMILES string of the molecule is CC(C)(C)[S+]([O-])NC(c1cc2cccc(-c3cc(C(C)(O)C(F)(F)F)ccn3)c2s1)c1nc(Cl)ccc1Cl. The van der Waals surface area contributed by atoms with E-state index in [1.54, 1.807) is 24.3 Å². The second-order valence-electron chi connectivity index (χ2n) is 9.81. The molecule has 4 rings (SSSR count). The van der Waals surface area contributed by atoms with Gasteiger partial charge in [0.1, 0.15) is 15.9 Å². The molecule has 4 aromatic rings. The van der Waals surface area contributed by atoms with Gasteiger partial charge in [-0.1, -0.05) is 41.4 Å². The first-order chi connectivity index (χ1) is 17.6. The van der Waals surface area contributed by atoms with Crippen LogP contribution in [0.1, 0.15) is 49.9 Å². The number of thiophene rings is 1. The van der Waals surface area contributed by atoms with Crippen molar-refractivity contribution >= 4 is 56.0 Å². The summed E-state index contributed by atoms with van der Waals surface area (Å²) in [6.07, 6.45) is -3.62. The Morgan fingerprint density at radius 3 is 2.42 bits per heavy atom. The quantitative estimate of drug-likeness (QED) is 0.176. The van der Waals surface area contributed by atoms with Crippen LogP contribution in [0.2, 0.25) is 10.2 Å². The summed E-state index contributed by atoms with van der Waals surface area (Å²) >= 11 is 12.5. The molecule has 0 aliphatic rings. The van der Waals surface area contributed by atoms with Gasteiger partial charge in [-0.2, -0.15) is 13.2 Å². The molecule has 3 unspecified atom stereocenters. The molecule has 202 valence electrons. The number of alkyl halides is 3. The van der Waals surface area contributed by atoms with Crippen LogP contribution in [0.25, 0.3) is 21.3 Å². The first-order valence-electron chi connectivity index (χ1n) is 11.4. The van der Waals surface area contributed by atoms with Crippen LogP contribution < -0.4 is 4.72 Å². The molecule has 0 saturated carbocycles. The fourth-order valence-electron chi connectivity index (χ4n) is 3.64. The van der Waals surface area contributed by atoms with Crippen LogP contribution in [0.5, 0.6) is 0 Å². The number of halogens is 5. The third-order valence-corrected chi connectivity index (χ3v) is 9.23. The summed E-state index contributed by atoms with van der Waals surface area (Å²) in [5.41, 5.74) is -2.11. The lowest BCUT2D eigenvalue weighted by atomic mass is 9.94. The van der Waals surface area contributed by atoms with Gasteiger partial charge in [0.15, 0.2) is 5.60 Å². The molecule has 12 heteroatoms. The van der Waals surface area contributed by atoms with E-state index >= 15 is 0 Å². The van der Waals surface area contributed by atoms with Gasteiger partial charge in [-0.15, -0.1) is 16.1 Å². The zero-order valence-corrected chi connectivity index (χ0v) is 23.9. The summed E-state index contributed by atoms with van der Waals surface area (Å²) in [6, 6.07) is 12.1. The third-order valence-electron chi connectivity index (χ3n) is 5.89. The van der Waals surface area contributed by atoms with Crippen LogP contribution in [-0.4, -0.2) is 30.6 Å². The largest absolute Gasteiger partial charge is 0.598 e. The van der Waals surface area contributed by atoms with Gasteiger partial charge in [-0.25, -0.2) is 4.98 Å². The second kappa shape index (κ2) is 10.6. The van der Waals surface area contributed by atoms with Crippen molar-refractivity contribution in [1.82, 2.24) is 14.7 Å². The van der Waals surface area contributed by atoms with Crippen LogP contribution in [0, 0.1) is 0 Å². The first kappa shape index (κ1) is 29.1. The summed E-state index contributed by atoms with van der Waals surface area (Å²) in [6.45, 7) is 6.20. The number of fused-ring (bicyclic) bond motifs is 1. The fourth-order valence-corrected chi connectivity index (χ4v) is 6.13. The number of aromatic nitrogens is 2. The predicted molar refractivity (Wildman–Crippen MR) is 148 cm³/mol. The van der Waals surface area contributed by atoms with E-state index in [1.165, 1.54) is 23.6 Å². The molecule has 3 heterocycles. The maximum atomic E-state index is 13.5. The average Bonchev–Trinajstić information content (AvgIpc) is 3.27. The minimum atomic E-state index is -4.86. The summed E-state index contributed by atoms with van der Waals surface area (Å²) in [5, 5.41) is 11.5. The number of pyridine rings is 2. The van der Waals surface area contributed by atoms with E-state index in [4.69, 9.17) is 23.2 Å². The highest BCUT2D eigenvalue weighted by Gasteiger charge is 2.51. The molecule has 0 spiro atoms. The van der Waals surface area contributed by atoms with Crippen LogP contribution in [-0.2, 0) is 17.0 Å². The van der Waals surface area contributed by atoms with Crippen molar-refractivity contribution in [2.75, 3.05) is 0 Å². The number of hydrogen-bond acceptors (Lipinski definition) is 6. The monoisotopic (exact) mass is 601 g/mol. The molecule has 3 atom stereocenters. The molecular weight excluding hydrogens is 578 g/mol. The molecule has 0 radical (unpaired) electrons. The van der Waals surface area contributed by atoms with Gasteiger partial charge < -0.3 is 9.66 Å². The van der Waals surface area contributed by atoms with Gasteiger partial charge in [0, 0.05) is 32.7 Å². The highest BCUT2D eigenvalue weighted by molar-refractivity contribution is 7.90. The summed E-state index contributed by atoms with van der Waals surface area (Å²) in [7, 11) is 0. The van der Waals surface area contributed by atoms with E-state index in [0.29, 0.717) is 23.2 Å². The maximum Gasteiger partial charge on any atom is 0.421 e. The van der Waals surface area contributed by atoms with E-state index in [9.17, 15) is 22.8 Å². The van der Waals surface area contributed by atoms with Gasteiger partial charge in [0.2, 0.25) is 0 Å². The van der Waals surface area contributed by atoms with Crippen LogP contribution in [0.4, 0.5) is 13.2 Å². The Balaban J connectivity index is 1.85. The van der Waals surface area contributed by atoms with E-state index in [2.05, 4.69) is 14.7 Å². The fraction of sp³-hybridized carbons (Fsp3) is 0.308. The third kappa shape index (κ3) is 5.82. The van der Waals surface area contributed by atoms with Crippen LogP contribution in [0.3, 0.4) is 0 Å². The van der Waals surface area contributed by atoms with Crippen LogP contribution in [0.15, 0.2) is 54.7 Å². The van der Waals surface area contributed by atoms with E-state index < -0.39 is 33.9 Å². The zero-order valence-electron chi connectivity index (χ0n) is 20.7. The average molecular weight is 603 g/mol. The molecule has 1 aromatic carbocycles. The molecule has 5 nitrogen and oxygen atoms in total. The Morgan fingerprint density at radius 1 is 1.05 bits per heavy atom. The predicted octanol–water partition coefficient (Wildman–Crippen LogP) is 7.58. The molecular formula is C26H24Cl2F3N3O2S2. The molecule has 2 N–H and O–H groups in total. The van der Waals surface area contributed by atoms with Crippen molar-refractivity contribution in [3.8, 4) is 11.3 Å². The summed E-state index contributed by atoms with van der Waals surface area (Å²) < 4.78 is 56.8. The zero-order chi connectivity index (χ0) is 28.0. The number of nitrogens with one attached hydrogen (secondary N) is 1. The Morgan fingerprint density at radius 2 is 1.76 bits per heavy atom. The Bertz CT molecular complexity index is 1470. The van der Waals surface area contributed by atoms with Gasteiger partial charge >= 0.3 is 6.18 Å². The number of benzene rings is 1. The smallest absolute Gasteiger partial charge is 0.421 e. The highest BCUT2D eigenvalue weighted by Crippen LogP contribution is 2.42. The molecule has 0 fully saturated rings. The van der Waals surface area contributed by atoms with Crippen molar-refractivity contribution in [3.05, 3.63) is 81.0 Å². The highest BCUT2D eigenvalue weighted by atomic mass is 35.5. The first-order valence-corrected chi connectivity index (χ1v) is 14.1.